The molecule has 1 aliphatic heterocycles. The number of rotatable bonds is 4. The van der Waals surface area contributed by atoms with Gasteiger partial charge in [0.25, 0.3) is 0 Å². The molecule has 0 aromatic heterocycles. The Morgan fingerprint density at radius 2 is 1.95 bits per heavy atom. The highest BCUT2D eigenvalue weighted by Crippen LogP contribution is 2.82. The lowest BCUT2D eigenvalue weighted by molar-refractivity contribution is -0.152. The molecule has 0 bridgehead atoms. The monoisotopic (exact) mass is 394 g/mol. The summed E-state index contributed by atoms with van der Waals surface area (Å²) in [6.45, 7) is 6.36. The van der Waals surface area contributed by atoms with Crippen molar-refractivity contribution in [1.29, 1.82) is 0 Å². The fourth-order valence-electron chi connectivity index (χ4n) is 3.15. The summed E-state index contributed by atoms with van der Waals surface area (Å²) in [4.78, 5) is 11.7. The van der Waals surface area contributed by atoms with Gasteiger partial charge in [0.2, 0.25) is 0 Å². The first-order chi connectivity index (χ1) is 8.88. The standard InChI is InChI=1S/C14H25BIO2P/c1-13(2,3)12(17)18-11-7-10-15-14(19(15)16)8-5-4-6-9-14/h4-11H2,1-3H3. The molecule has 0 aromatic carbocycles. The normalized spacial score (nSPS) is 25.5. The van der Waals surface area contributed by atoms with E-state index in [1.165, 1.54) is 38.4 Å². The number of hydrogen-bond donors (Lipinski definition) is 0. The number of carbonyl (C=O) groups is 1. The summed E-state index contributed by atoms with van der Waals surface area (Å²) in [6.07, 6.45) is 10.5. The maximum absolute atomic E-state index is 11.7. The summed E-state index contributed by atoms with van der Waals surface area (Å²) in [6, 6.07) is 0. The third-order valence-electron chi connectivity index (χ3n) is 4.44. The Kier molecular flexibility index (Phi) is 5.26. The molecule has 1 unspecified atom stereocenters. The third-order valence-corrected chi connectivity index (χ3v) is 12.0. The van der Waals surface area contributed by atoms with Gasteiger partial charge in [0.05, 0.1) is 12.0 Å². The van der Waals surface area contributed by atoms with Gasteiger partial charge in [0.1, 0.15) is 0 Å². The van der Waals surface area contributed by atoms with Crippen LogP contribution in [0.25, 0.3) is 0 Å². The Morgan fingerprint density at radius 3 is 2.53 bits per heavy atom. The van der Waals surface area contributed by atoms with Gasteiger partial charge in [-0.25, -0.2) is 0 Å². The van der Waals surface area contributed by atoms with Crippen LogP contribution in [-0.4, -0.2) is 24.1 Å². The van der Waals surface area contributed by atoms with Crippen molar-refractivity contribution < 1.29 is 9.53 Å². The topological polar surface area (TPSA) is 26.3 Å². The minimum atomic E-state index is -0.361. The summed E-state index contributed by atoms with van der Waals surface area (Å²) in [5, 5.41) is 0.738. The van der Waals surface area contributed by atoms with E-state index < -0.39 is 0 Å². The second kappa shape index (κ2) is 6.21. The van der Waals surface area contributed by atoms with Gasteiger partial charge in [0.15, 0.2) is 6.43 Å². The van der Waals surface area contributed by atoms with E-state index in [0.29, 0.717) is 6.61 Å². The van der Waals surface area contributed by atoms with Gasteiger partial charge in [-0.2, -0.15) is 0 Å². The average molecular weight is 394 g/mol. The fraction of sp³-hybridized carbons (Fsp3) is 0.929. The molecule has 2 fully saturated rings. The van der Waals surface area contributed by atoms with Crippen LogP contribution < -0.4 is 0 Å². The molecule has 1 saturated carbocycles. The molecule has 1 atom stereocenters. The van der Waals surface area contributed by atoms with Gasteiger partial charge in [-0.05, 0) is 45.1 Å². The molecule has 1 saturated heterocycles. The number of carbonyl (C=O) groups excluding carboxylic acids is 1. The van der Waals surface area contributed by atoms with Crippen molar-refractivity contribution in [3.63, 3.8) is 0 Å². The van der Waals surface area contributed by atoms with E-state index in [9.17, 15) is 4.79 Å². The third kappa shape index (κ3) is 3.67. The molecule has 1 heterocycles. The van der Waals surface area contributed by atoms with Gasteiger partial charge in [-0.3, -0.25) is 4.79 Å². The van der Waals surface area contributed by atoms with Gasteiger partial charge in [0, 0.05) is 0 Å². The molecule has 1 aliphatic carbocycles. The zero-order chi connectivity index (χ0) is 14.1. The predicted molar refractivity (Wildman–Crippen MR) is 92.3 cm³/mol. The van der Waals surface area contributed by atoms with Crippen LogP contribution in [0.1, 0.15) is 59.3 Å². The second-order valence-electron chi connectivity index (χ2n) is 7.02. The zero-order valence-electron chi connectivity index (χ0n) is 12.4. The van der Waals surface area contributed by atoms with Crippen molar-refractivity contribution in [2.75, 3.05) is 6.61 Å². The summed E-state index contributed by atoms with van der Waals surface area (Å²) in [5.74, 6) is -0.0626. The molecule has 1 spiro atoms. The molecule has 5 heteroatoms. The van der Waals surface area contributed by atoms with Gasteiger partial charge >= 0.3 is 5.97 Å². The average Bonchev–Trinajstić information content (AvgIpc) is 2.88. The maximum Gasteiger partial charge on any atom is 0.311 e. The molecule has 19 heavy (non-hydrogen) atoms. The zero-order valence-corrected chi connectivity index (χ0v) is 15.4. The molecule has 2 aliphatic rings. The van der Waals surface area contributed by atoms with E-state index in [1.807, 2.05) is 20.8 Å². The molecule has 2 nitrogen and oxygen atoms in total. The lowest BCUT2D eigenvalue weighted by Gasteiger charge is -2.22. The first-order valence-electron chi connectivity index (χ1n) is 7.50. The Bertz CT molecular complexity index is 337. The maximum atomic E-state index is 11.7. The number of ether oxygens (including phenoxy) is 1. The number of esters is 1. The Morgan fingerprint density at radius 1 is 1.32 bits per heavy atom. The highest BCUT2D eigenvalue weighted by atomic mass is 127. The van der Waals surface area contributed by atoms with Crippen LogP contribution in [0.4, 0.5) is 0 Å². The van der Waals surface area contributed by atoms with Crippen LogP contribution in [0.5, 0.6) is 0 Å². The highest BCUT2D eigenvalue weighted by Gasteiger charge is 2.64. The van der Waals surface area contributed by atoms with E-state index in [4.69, 9.17) is 4.74 Å². The van der Waals surface area contributed by atoms with E-state index in [1.54, 1.807) is 0 Å². The molecule has 0 aromatic rings. The lowest BCUT2D eigenvalue weighted by atomic mass is 9.56. The first-order valence-corrected chi connectivity index (χ1v) is 11.7. The van der Waals surface area contributed by atoms with Crippen LogP contribution in [0.3, 0.4) is 0 Å². The first kappa shape index (κ1) is 16.1. The van der Waals surface area contributed by atoms with Crippen LogP contribution in [0.15, 0.2) is 0 Å². The van der Waals surface area contributed by atoms with Crippen molar-refractivity contribution in [2.45, 2.75) is 70.7 Å². The van der Waals surface area contributed by atoms with E-state index in [2.05, 4.69) is 22.0 Å². The summed E-state index contributed by atoms with van der Waals surface area (Å²) in [7, 11) is 0. The molecule has 0 radical (unpaired) electrons. The van der Waals surface area contributed by atoms with Gasteiger partial charge in [-0.15, -0.1) is 0 Å². The van der Waals surface area contributed by atoms with Gasteiger partial charge in [-0.1, -0.05) is 53.1 Å². The summed E-state index contributed by atoms with van der Waals surface area (Å²) in [5.41, 5.74) is -0.122. The van der Waals surface area contributed by atoms with Crippen molar-refractivity contribution in [3.05, 3.63) is 0 Å². The van der Waals surface area contributed by atoms with Crippen LogP contribution in [-0.2, 0) is 9.53 Å². The number of halogens is 1. The van der Waals surface area contributed by atoms with E-state index in [0.717, 1.165) is 17.9 Å². The lowest BCUT2D eigenvalue weighted by Crippen LogP contribution is -2.24. The van der Waals surface area contributed by atoms with E-state index in [-0.39, 0.29) is 16.8 Å². The highest BCUT2D eigenvalue weighted by molar-refractivity contribution is 14.2. The second-order valence-corrected chi connectivity index (χ2v) is 12.3. The largest absolute Gasteiger partial charge is 0.465 e. The minimum absolute atomic E-state index is 0.0626. The smallest absolute Gasteiger partial charge is 0.311 e. The number of hydrogen-bond acceptors (Lipinski definition) is 2. The molecule has 108 valence electrons. The van der Waals surface area contributed by atoms with Crippen LogP contribution >= 0.6 is 27.5 Å². The van der Waals surface area contributed by atoms with Crippen LogP contribution in [0, 0.1) is 5.41 Å². The Balaban J connectivity index is 1.66. The van der Waals surface area contributed by atoms with Crippen molar-refractivity contribution >= 4 is 39.9 Å². The van der Waals surface area contributed by atoms with Crippen molar-refractivity contribution in [1.82, 2.24) is 0 Å². The molecule has 2 rings (SSSR count). The molecular formula is C14H25BIO2P. The van der Waals surface area contributed by atoms with Gasteiger partial charge < -0.3 is 4.74 Å². The SMILES string of the molecule is CC(C)(C)C(=O)OCCCB1P(I)C12CCCCC2. The molecule has 0 N–H and O–H groups in total. The fourth-order valence-corrected chi connectivity index (χ4v) is 10.8. The Hall–Kier alpha value is 0.695. The minimum Gasteiger partial charge on any atom is -0.465 e. The molecule has 0 amide bonds. The Labute approximate surface area is 132 Å². The summed E-state index contributed by atoms with van der Waals surface area (Å²) >= 11 is 2.72. The quantitative estimate of drug-likeness (QED) is 0.220. The van der Waals surface area contributed by atoms with Crippen molar-refractivity contribution in [3.8, 4) is 0 Å². The predicted octanol–water partition coefficient (Wildman–Crippen LogP) is 5.04. The van der Waals surface area contributed by atoms with E-state index >= 15 is 0 Å². The van der Waals surface area contributed by atoms with Crippen LogP contribution in [0.2, 0.25) is 6.32 Å². The molecular weight excluding hydrogens is 369 g/mol. The van der Waals surface area contributed by atoms with Crippen molar-refractivity contribution in [2.24, 2.45) is 5.41 Å². The summed E-state index contributed by atoms with van der Waals surface area (Å²) < 4.78 is 5.36.